The van der Waals surface area contributed by atoms with Crippen LogP contribution in [0.1, 0.15) is 23.4 Å². The zero-order valence-electron chi connectivity index (χ0n) is 13.1. The Labute approximate surface area is 132 Å². The van der Waals surface area contributed by atoms with E-state index in [4.69, 9.17) is 0 Å². The van der Waals surface area contributed by atoms with Gasteiger partial charge in [0.25, 0.3) is 0 Å². The Morgan fingerprint density at radius 3 is 2.68 bits per heavy atom. The molecule has 22 heavy (non-hydrogen) atoms. The third-order valence-corrected chi connectivity index (χ3v) is 5.45. The lowest BCUT2D eigenvalue weighted by Gasteiger charge is -2.26. The van der Waals surface area contributed by atoms with Gasteiger partial charge in [0.2, 0.25) is 0 Å². The van der Waals surface area contributed by atoms with Gasteiger partial charge in [-0.05, 0) is 32.9 Å². The molecule has 1 aromatic heterocycles. The van der Waals surface area contributed by atoms with E-state index in [1.54, 1.807) is 0 Å². The highest BCUT2D eigenvalue weighted by Crippen LogP contribution is 2.18. The van der Waals surface area contributed by atoms with Gasteiger partial charge in [-0.2, -0.15) is 5.26 Å². The zero-order chi connectivity index (χ0) is 16.2. The van der Waals surface area contributed by atoms with Gasteiger partial charge in [0.1, 0.15) is 6.07 Å². The first-order valence-corrected chi connectivity index (χ1v) is 9.28. The zero-order valence-corrected chi connectivity index (χ0v) is 13.9. The molecule has 7 heteroatoms. The number of nitrogens with zero attached hydrogens (tertiary/aromatic N) is 3. The molecule has 0 unspecified atom stereocenters. The van der Waals surface area contributed by atoms with Crippen LogP contribution in [0.2, 0.25) is 0 Å². The third-order valence-electron chi connectivity index (χ3n) is 3.84. The number of anilines is 1. The summed E-state index contributed by atoms with van der Waals surface area (Å²) < 4.78 is 22.7. The molecule has 1 saturated heterocycles. The number of aryl methyl sites for hydroxylation is 2. The first-order chi connectivity index (χ1) is 10.4. The van der Waals surface area contributed by atoms with Gasteiger partial charge in [-0.1, -0.05) is 0 Å². The lowest BCUT2D eigenvalue weighted by molar-refractivity contribution is 0.295. The quantitative estimate of drug-likeness (QED) is 0.817. The SMILES string of the molecule is Cc1cc(NCCCN2CCS(=O)(=O)CC2)c(C#N)c(C)n1. The van der Waals surface area contributed by atoms with Crippen LogP contribution in [0.15, 0.2) is 6.07 Å². The fourth-order valence-corrected chi connectivity index (χ4v) is 3.89. The van der Waals surface area contributed by atoms with E-state index in [-0.39, 0.29) is 11.5 Å². The van der Waals surface area contributed by atoms with Crippen molar-refractivity contribution in [2.75, 3.05) is 43.0 Å². The number of hydrogen-bond donors (Lipinski definition) is 1. The lowest BCUT2D eigenvalue weighted by Crippen LogP contribution is -2.41. The number of aromatic nitrogens is 1. The van der Waals surface area contributed by atoms with Crippen LogP contribution in [-0.4, -0.2) is 56.0 Å². The van der Waals surface area contributed by atoms with E-state index >= 15 is 0 Å². The predicted octanol–water partition coefficient (Wildman–Crippen LogP) is 1.10. The molecular weight excluding hydrogens is 300 g/mol. The van der Waals surface area contributed by atoms with Crippen LogP contribution >= 0.6 is 0 Å². The molecule has 0 aliphatic carbocycles. The van der Waals surface area contributed by atoms with Gasteiger partial charge in [-0.25, -0.2) is 8.42 Å². The van der Waals surface area contributed by atoms with Gasteiger partial charge in [0, 0.05) is 25.3 Å². The van der Waals surface area contributed by atoms with Gasteiger partial charge in [-0.3, -0.25) is 4.98 Å². The molecule has 1 N–H and O–H groups in total. The Balaban J connectivity index is 1.81. The standard InChI is InChI=1S/C15H22N4O2S/c1-12-10-15(14(11-16)13(2)18-12)17-4-3-5-19-6-8-22(20,21)9-7-19/h10H,3-9H2,1-2H3,(H,17,18). The molecule has 0 radical (unpaired) electrons. The minimum atomic E-state index is -2.81. The van der Waals surface area contributed by atoms with Crippen LogP contribution in [0, 0.1) is 25.2 Å². The van der Waals surface area contributed by atoms with Crippen LogP contribution in [0.4, 0.5) is 5.69 Å². The van der Waals surface area contributed by atoms with Crippen molar-refractivity contribution in [1.82, 2.24) is 9.88 Å². The highest BCUT2D eigenvalue weighted by atomic mass is 32.2. The molecular formula is C15H22N4O2S. The minimum Gasteiger partial charge on any atom is -0.384 e. The van der Waals surface area contributed by atoms with Gasteiger partial charge in [0.15, 0.2) is 9.84 Å². The molecule has 0 saturated carbocycles. The molecule has 1 aliphatic heterocycles. The smallest absolute Gasteiger partial charge is 0.152 e. The third kappa shape index (κ3) is 4.42. The summed E-state index contributed by atoms with van der Waals surface area (Å²) in [7, 11) is -2.81. The molecule has 2 rings (SSSR count). The van der Waals surface area contributed by atoms with Gasteiger partial charge in [0.05, 0.1) is 28.5 Å². The van der Waals surface area contributed by atoms with Gasteiger partial charge < -0.3 is 10.2 Å². The van der Waals surface area contributed by atoms with Crippen molar-refractivity contribution in [3.8, 4) is 6.07 Å². The van der Waals surface area contributed by atoms with Crippen molar-refractivity contribution in [1.29, 1.82) is 5.26 Å². The average Bonchev–Trinajstić information content (AvgIpc) is 2.44. The van der Waals surface area contributed by atoms with E-state index < -0.39 is 9.84 Å². The largest absolute Gasteiger partial charge is 0.384 e. The topological polar surface area (TPSA) is 86.1 Å². The monoisotopic (exact) mass is 322 g/mol. The van der Waals surface area contributed by atoms with Crippen LogP contribution in [0.25, 0.3) is 0 Å². The first kappa shape index (κ1) is 16.7. The summed E-state index contributed by atoms with van der Waals surface area (Å²) in [4.78, 5) is 6.47. The van der Waals surface area contributed by atoms with Crippen LogP contribution in [0.3, 0.4) is 0 Å². The summed E-state index contributed by atoms with van der Waals surface area (Å²) >= 11 is 0. The predicted molar refractivity (Wildman–Crippen MR) is 86.6 cm³/mol. The summed E-state index contributed by atoms with van der Waals surface area (Å²) in [6.45, 7) is 6.62. The lowest BCUT2D eigenvalue weighted by atomic mass is 10.1. The molecule has 0 atom stereocenters. The fraction of sp³-hybridized carbons (Fsp3) is 0.600. The highest BCUT2D eigenvalue weighted by molar-refractivity contribution is 7.91. The molecule has 120 valence electrons. The molecule has 0 bridgehead atoms. The maximum Gasteiger partial charge on any atom is 0.152 e. The maximum atomic E-state index is 11.4. The summed E-state index contributed by atoms with van der Waals surface area (Å²) in [5, 5.41) is 12.5. The fourth-order valence-electron chi connectivity index (χ4n) is 2.61. The highest BCUT2D eigenvalue weighted by Gasteiger charge is 2.20. The summed E-state index contributed by atoms with van der Waals surface area (Å²) in [5.74, 6) is 0.531. The first-order valence-electron chi connectivity index (χ1n) is 7.46. The van der Waals surface area contributed by atoms with Crippen molar-refractivity contribution in [3.63, 3.8) is 0 Å². The summed E-state index contributed by atoms with van der Waals surface area (Å²) in [6.07, 6.45) is 0.908. The Bertz CT molecular complexity index is 666. The van der Waals surface area contributed by atoms with E-state index in [9.17, 15) is 13.7 Å². The van der Waals surface area contributed by atoms with Crippen molar-refractivity contribution in [2.24, 2.45) is 0 Å². The van der Waals surface area contributed by atoms with Crippen LogP contribution < -0.4 is 5.32 Å². The second-order valence-corrected chi connectivity index (χ2v) is 7.96. The molecule has 0 aromatic carbocycles. The van der Waals surface area contributed by atoms with Crippen LogP contribution in [0.5, 0.6) is 0 Å². The Morgan fingerprint density at radius 1 is 1.36 bits per heavy atom. The number of sulfone groups is 1. The maximum absolute atomic E-state index is 11.4. The molecule has 0 spiro atoms. The summed E-state index contributed by atoms with van der Waals surface area (Å²) in [5.41, 5.74) is 3.05. The Kier molecular flexibility index (Phi) is 5.37. The van der Waals surface area contributed by atoms with Crippen molar-refractivity contribution >= 4 is 15.5 Å². The normalized spacial score (nSPS) is 17.9. The van der Waals surface area contributed by atoms with E-state index in [0.29, 0.717) is 18.7 Å². The molecule has 6 nitrogen and oxygen atoms in total. The van der Waals surface area contributed by atoms with Gasteiger partial charge in [-0.15, -0.1) is 0 Å². The number of rotatable bonds is 5. The molecule has 2 heterocycles. The van der Waals surface area contributed by atoms with E-state index in [1.165, 1.54) is 0 Å². The van der Waals surface area contributed by atoms with Crippen molar-refractivity contribution < 1.29 is 8.42 Å². The number of nitrogens with one attached hydrogen (secondary N) is 1. The Morgan fingerprint density at radius 2 is 2.05 bits per heavy atom. The number of nitriles is 1. The van der Waals surface area contributed by atoms with E-state index in [1.807, 2.05) is 19.9 Å². The second-order valence-electron chi connectivity index (χ2n) is 5.66. The minimum absolute atomic E-state index is 0.266. The molecule has 1 aromatic rings. The second kappa shape index (κ2) is 7.07. The molecule has 0 amide bonds. The average molecular weight is 322 g/mol. The molecule has 1 fully saturated rings. The number of pyridine rings is 1. The Hall–Kier alpha value is -1.65. The van der Waals surface area contributed by atoms with Crippen LogP contribution in [-0.2, 0) is 9.84 Å². The number of hydrogen-bond acceptors (Lipinski definition) is 6. The van der Waals surface area contributed by atoms with Gasteiger partial charge >= 0.3 is 0 Å². The molecule has 1 aliphatic rings. The van der Waals surface area contributed by atoms with E-state index in [0.717, 1.165) is 36.6 Å². The van der Waals surface area contributed by atoms with Crippen molar-refractivity contribution in [3.05, 3.63) is 23.0 Å². The van der Waals surface area contributed by atoms with E-state index in [2.05, 4.69) is 21.3 Å². The summed E-state index contributed by atoms with van der Waals surface area (Å²) in [6, 6.07) is 4.08. The van der Waals surface area contributed by atoms with Crippen molar-refractivity contribution in [2.45, 2.75) is 20.3 Å².